The Bertz CT molecular complexity index is 818. The van der Waals surface area contributed by atoms with E-state index in [1.54, 1.807) is 28.8 Å². The number of likely N-dealkylation sites (tertiary alicyclic amines) is 1. The van der Waals surface area contributed by atoms with Crippen molar-refractivity contribution in [2.24, 2.45) is 5.92 Å². The Morgan fingerprint density at radius 1 is 1.32 bits per heavy atom. The zero-order valence-electron chi connectivity index (χ0n) is 14.1. The minimum absolute atomic E-state index is 0.234. The van der Waals surface area contributed by atoms with Gasteiger partial charge in [-0.1, -0.05) is 23.7 Å². The lowest BCUT2D eigenvalue weighted by atomic mass is 9.90. The molecule has 1 aromatic carbocycles. The number of para-hydroxylation sites is 1. The lowest BCUT2D eigenvalue weighted by Crippen LogP contribution is -2.49. The monoisotopic (exact) mass is 361 g/mol. The predicted molar refractivity (Wildman–Crippen MR) is 94.2 cm³/mol. The van der Waals surface area contributed by atoms with Crippen LogP contribution in [0.2, 0.25) is 5.02 Å². The van der Waals surface area contributed by atoms with Gasteiger partial charge in [0.2, 0.25) is 0 Å². The van der Waals surface area contributed by atoms with Crippen molar-refractivity contribution in [2.45, 2.75) is 32.7 Å². The molecule has 0 aliphatic carbocycles. The Morgan fingerprint density at radius 2 is 2.04 bits per heavy atom. The summed E-state index contributed by atoms with van der Waals surface area (Å²) in [5.74, 6) is -1.63. The average Bonchev–Trinajstić information content (AvgIpc) is 2.96. The molecule has 2 heterocycles. The molecule has 7 heteroatoms. The molecule has 6 nitrogen and oxygen atoms in total. The highest BCUT2D eigenvalue weighted by atomic mass is 35.5. The van der Waals surface area contributed by atoms with Crippen LogP contribution in [-0.2, 0) is 4.79 Å². The van der Waals surface area contributed by atoms with Crippen LogP contribution < -0.4 is 0 Å². The molecule has 1 aliphatic heterocycles. The van der Waals surface area contributed by atoms with Crippen LogP contribution >= 0.6 is 11.6 Å². The Kier molecular flexibility index (Phi) is 4.81. The first kappa shape index (κ1) is 17.5. The summed E-state index contributed by atoms with van der Waals surface area (Å²) in [6.07, 6.45) is 3.03. The van der Waals surface area contributed by atoms with E-state index in [9.17, 15) is 14.7 Å². The first-order chi connectivity index (χ1) is 11.9. The molecular formula is C18H20ClN3O3. The highest BCUT2D eigenvalue weighted by molar-refractivity contribution is 6.32. The molecule has 1 aliphatic rings. The lowest BCUT2D eigenvalue weighted by molar-refractivity contribution is -0.144. The van der Waals surface area contributed by atoms with Gasteiger partial charge in [-0.05, 0) is 38.8 Å². The van der Waals surface area contributed by atoms with Crippen molar-refractivity contribution in [3.8, 4) is 5.69 Å². The zero-order chi connectivity index (χ0) is 18.1. The molecule has 2 atom stereocenters. The maximum atomic E-state index is 13.0. The summed E-state index contributed by atoms with van der Waals surface area (Å²) in [5.41, 5.74) is 1.76. The maximum absolute atomic E-state index is 13.0. The van der Waals surface area contributed by atoms with E-state index >= 15 is 0 Å². The van der Waals surface area contributed by atoms with Gasteiger partial charge in [-0.15, -0.1) is 0 Å². The number of piperidine rings is 1. The Hall–Kier alpha value is -2.34. The van der Waals surface area contributed by atoms with E-state index in [-0.39, 0.29) is 11.9 Å². The second-order valence-corrected chi connectivity index (χ2v) is 6.79. The fourth-order valence-electron chi connectivity index (χ4n) is 3.33. The highest BCUT2D eigenvalue weighted by Crippen LogP contribution is 2.26. The number of carboxylic acids is 1. The maximum Gasteiger partial charge on any atom is 0.308 e. The number of aromatic nitrogens is 2. The summed E-state index contributed by atoms with van der Waals surface area (Å²) in [5, 5.41) is 14.3. The number of carbonyl (C=O) groups excluding carboxylic acids is 1. The molecule has 25 heavy (non-hydrogen) atoms. The van der Waals surface area contributed by atoms with Crippen LogP contribution in [0, 0.1) is 12.8 Å². The van der Waals surface area contributed by atoms with Crippen LogP contribution in [0.4, 0.5) is 0 Å². The third-order valence-electron chi connectivity index (χ3n) is 4.77. The summed E-state index contributed by atoms with van der Waals surface area (Å²) >= 11 is 6.20. The van der Waals surface area contributed by atoms with Crippen LogP contribution in [-0.4, -0.2) is 44.3 Å². The zero-order valence-corrected chi connectivity index (χ0v) is 14.9. The van der Waals surface area contributed by atoms with Crippen LogP contribution in [0.15, 0.2) is 30.5 Å². The second kappa shape index (κ2) is 6.88. The van der Waals surface area contributed by atoms with Crippen LogP contribution in [0.25, 0.3) is 5.69 Å². The molecule has 1 N–H and O–H groups in total. The van der Waals surface area contributed by atoms with Crippen LogP contribution in [0.5, 0.6) is 0 Å². The number of benzene rings is 1. The largest absolute Gasteiger partial charge is 0.481 e. The van der Waals surface area contributed by atoms with Gasteiger partial charge in [0.25, 0.3) is 5.91 Å². The standard InChI is InChI=1S/C18H20ClN3O3/c1-11-10-22(15-8-4-3-7-14(15)19)20-16(11)17(23)21-9-5-6-13(12(21)2)18(24)25/h3-4,7-8,10,12-13H,5-6,9H2,1-2H3,(H,24,25)/t12-,13-/m1/s1. The van der Waals surface area contributed by atoms with Crippen molar-refractivity contribution in [3.63, 3.8) is 0 Å². The van der Waals surface area contributed by atoms with Gasteiger partial charge in [-0.25, -0.2) is 4.68 Å². The van der Waals surface area contributed by atoms with Crippen LogP contribution in [0.1, 0.15) is 35.8 Å². The van der Waals surface area contributed by atoms with E-state index in [4.69, 9.17) is 11.6 Å². The van der Waals surface area contributed by atoms with Gasteiger partial charge in [-0.3, -0.25) is 9.59 Å². The molecule has 3 rings (SSSR count). The fourth-order valence-corrected chi connectivity index (χ4v) is 3.55. The fraction of sp³-hybridized carbons (Fsp3) is 0.389. The molecule has 1 amide bonds. The smallest absolute Gasteiger partial charge is 0.308 e. The van der Waals surface area contributed by atoms with Gasteiger partial charge in [0, 0.05) is 24.3 Å². The molecule has 132 valence electrons. The number of amides is 1. The summed E-state index contributed by atoms with van der Waals surface area (Å²) in [4.78, 5) is 26.0. The molecule has 1 saturated heterocycles. The second-order valence-electron chi connectivity index (χ2n) is 6.38. The minimum atomic E-state index is -0.858. The van der Waals surface area contributed by atoms with E-state index in [1.165, 1.54) is 0 Å². The van der Waals surface area contributed by atoms with Gasteiger partial charge in [0.1, 0.15) is 0 Å². The predicted octanol–water partition coefficient (Wildman–Crippen LogP) is 3.16. The van der Waals surface area contributed by atoms with E-state index in [2.05, 4.69) is 5.10 Å². The summed E-state index contributed by atoms with van der Waals surface area (Å²) < 4.78 is 1.59. The molecular weight excluding hydrogens is 342 g/mol. The highest BCUT2D eigenvalue weighted by Gasteiger charge is 2.36. The summed E-state index contributed by atoms with van der Waals surface area (Å²) in [7, 11) is 0. The SMILES string of the molecule is Cc1cn(-c2ccccc2Cl)nc1C(=O)N1CCC[C@@H](C(=O)O)[C@H]1C. The van der Waals surface area contributed by atoms with Crippen LogP contribution in [0.3, 0.4) is 0 Å². The molecule has 0 bridgehead atoms. The number of nitrogens with zero attached hydrogens (tertiary/aromatic N) is 3. The normalized spacial score (nSPS) is 20.5. The van der Waals surface area contributed by atoms with Gasteiger partial charge in [0.15, 0.2) is 5.69 Å². The topological polar surface area (TPSA) is 75.4 Å². The van der Waals surface area contributed by atoms with Gasteiger partial charge < -0.3 is 10.0 Å². The molecule has 0 radical (unpaired) electrons. The molecule has 0 spiro atoms. The van der Waals surface area contributed by atoms with Crippen molar-refractivity contribution in [2.75, 3.05) is 6.54 Å². The van der Waals surface area contributed by atoms with Gasteiger partial charge in [0.05, 0.1) is 16.6 Å². The third-order valence-corrected chi connectivity index (χ3v) is 5.08. The van der Waals surface area contributed by atoms with Crippen molar-refractivity contribution in [1.29, 1.82) is 0 Å². The first-order valence-corrected chi connectivity index (χ1v) is 8.63. The number of rotatable bonds is 3. The number of aryl methyl sites for hydroxylation is 1. The summed E-state index contributed by atoms with van der Waals surface area (Å²) in [6.45, 7) is 4.15. The minimum Gasteiger partial charge on any atom is -0.481 e. The van der Waals surface area contributed by atoms with Crippen molar-refractivity contribution in [1.82, 2.24) is 14.7 Å². The molecule has 1 fully saturated rings. The first-order valence-electron chi connectivity index (χ1n) is 8.25. The van der Waals surface area contributed by atoms with E-state index in [1.807, 2.05) is 25.1 Å². The Balaban J connectivity index is 1.91. The van der Waals surface area contributed by atoms with E-state index in [0.29, 0.717) is 35.8 Å². The van der Waals surface area contributed by atoms with Gasteiger partial charge >= 0.3 is 5.97 Å². The lowest BCUT2D eigenvalue weighted by Gasteiger charge is -2.37. The number of halogens is 1. The number of carbonyl (C=O) groups is 2. The Morgan fingerprint density at radius 3 is 2.72 bits per heavy atom. The van der Waals surface area contributed by atoms with E-state index < -0.39 is 11.9 Å². The number of hydrogen-bond donors (Lipinski definition) is 1. The van der Waals surface area contributed by atoms with Crippen molar-refractivity contribution < 1.29 is 14.7 Å². The molecule has 0 unspecified atom stereocenters. The van der Waals surface area contributed by atoms with E-state index in [0.717, 1.165) is 5.56 Å². The quantitative estimate of drug-likeness (QED) is 0.911. The third kappa shape index (κ3) is 3.26. The van der Waals surface area contributed by atoms with Crippen molar-refractivity contribution >= 4 is 23.5 Å². The summed E-state index contributed by atoms with van der Waals surface area (Å²) in [6, 6.07) is 6.91. The van der Waals surface area contributed by atoms with Crippen molar-refractivity contribution in [3.05, 3.63) is 46.7 Å². The Labute approximate surface area is 151 Å². The molecule has 2 aromatic rings. The number of carboxylic acid groups (broad SMARTS) is 1. The molecule has 0 saturated carbocycles. The molecule has 1 aromatic heterocycles. The number of aliphatic carboxylic acids is 1. The number of hydrogen-bond acceptors (Lipinski definition) is 3. The average molecular weight is 362 g/mol. The van der Waals surface area contributed by atoms with Gasteiger partial charge in [-0.2, -0.15) is 5.10 Å².